The Kier molecular flexibility index (Phi) is 5.94. The van der Waals surface area contributed by atoms with Gasteiger partial charge in [-0.15, -0.1) is 0 Å². The van der Waals surface area contributed by atoms with Gasteiger partial charge in [0.05, 0.1) is 22.1 Å². The maximum atomic E-state index is 2.56. The van der Waals surface area contributed by atoms with Crippen molar-refractivity contribution in [3.8, 4) is 11.4 Å². The van der Waals surface area contributed by atoms with Crippen LogP contribution in [-0.4, -0.2) is 9.13 Å². The molecule has 0 radical (unpaired) electrons. The van der Waals surface area contributed by atoms with E-state index >= 15 is 0 Å². The normalized spacial score (nSPS) is 15.5. The van der Waals surface area contributed by atoms with Gasteiger partial charge < -0.3 is 9.13 Å². The number of nitrogens with zero attached hydrogens (tertiary/aromatic N) is 2. The molecule has 2 heteroatoms. The standard InChI is InChI=1S/C50H40N2/c1-49(2)24-25-50(3,4)43-29-45-40(28-42(43)49)39-27-41-47(30-46(39)51(45)34-14-6-5-7-15-34)52(44-23-21-32-13-9-11-17-37(32)48(41)44)35-22-20-33-19-18-31-12-8-10-16-36(31)38(33)26-35/h5-23,26-30H,24-25H2,1-4H3. The second kappa shape index (κ2) is 10.4. The molecule has 0 saturated heterocycles. The van der Waals surface area contributed by atoms with Crippen LogP contribution in [0.2, 0.25) is 0 Å². The van der Waals surface area contributed by atoms with Crippen molar-refractivity contribution in [2.45, 2.75) is 51.4 Å². The van der Waals surface area contributed by atoms with Crippen LogP contribution in [0.3, 0.4) is 0 Å². The highest BCUT2D eigenvalue weighted by molar-refractivity contribution is 6.25. The molecule has 52 heavy (non-hydrogen) atoms. The molecule has 1 aliphatic carbocycles. The molecule has 0 atom stereocenters. The fourth-order valence-electron chi connectivity index (χ4n) is 9.62. The molecule has 1 aliphatic rings. The first-order valence-electron chi connectivity index (χ1n) is 18.7. The molecule has 0 N–H and O–H groups in total. The van der Waals surface area contributed by atoms with Gasteiger partial charge in [-0.05, 0) is 122 Å². The molecule has 0 aliphatic heterocycles. The van der Waals surface area contributed by atoms with Crippen LogP contribution in [0.5, 0.6) is 0 Å². The molecule has 8 aromatic carbocycles. The van der Waals surface area contributed by atoms with Gasteiger partial charge in [0, 0.05) is 32.9 Å². The minimum atomic E-state index is 0.119. The minimum absolute atomic E-state index is 0.119. The predicted octanol–water partition coefficient (Wildman–Crippen LogP) is 13.7. The summed E-state index contributed by atoms with van der Waals surface area (Å²) in [5, 5.41) is 12.9. The molecule has 0 bridgehead atoms. The highest BCUT2D eigenvalue weighted by atomic mass is 15.0. The van der Waals surface area contributed by atoms with E-state index in [-0.39, 0.29) is 10.8 Å². The number of fused-ring (bicyclic) bond motifs is 12. The van der Waals surface area contributed by atoms with Crippen LogP contribution >= 0.6 is 0 Å². The molecule has 2 heterocycles. The summed E-state index contributed by atoms with van der Waals surface area (Å²) in [6, 6.07) is 54.8. The van der Waals surface area contributed by atoms with Crippen LogP contribution in [0.1, 0.15) is 51.7 Å². The monoisotopic (exact) mass is 668 g/mol. The van der Waals surface area contributed by atoms with E-state index in [1.54, 1.807) is 0 Å². The summed E-state index contributed by atoms with van der Waals surface area (Å²) in [5.41, 5.74) is 10.6. The van der Waals surface area contributed by atoms with Crippen LogP contribution in [0, 0.1) is 0 Å². The molecule has 10 aromatic rings. The quantitative estimate of drug-likeness (QED) is 0.162. The highest BCUT2D eigenvalue weighted by Crippen LogP contribution is 2.49. The molecule has 2 nitrogen and oxygen atoms in total. The summed E-state index contributed by atoms with van der Waals surface area (Å²) >= 11 is 0. The fraction of sp³-hybridized carbons (Fsp3) is 0.160. The van der Waals surface area contributed by atoms with Crippen LogP contribution in [0.15, 0.2) is 146 Å². The maximum absolute atomic E-state index is 2.56. The van der Waals surface area contributed by atoms with E-state index in [1.165, 1.54) is 111 Å². The van der Waals surface area contributed by atoms with E-state index in [2.05, 4.69) is 182 Å². The number of rotatable bonds is 2. The minimum Gasteiger partial charge on any atom is -0.309 e. The summed E-state index contributed by atoms with van der Waals surface area (Å²) in [5.74, 6) is 0. The Labute approximate surface area is 303 Å². The van der Waals surface area contributed by atoms with E-state index in [4.69, 9.17) is 0 Å². The molecule has 0 unspecified atom stereocenters. The largest absolute Gasteiger partial charge is 0.309 e. The molecule has 0 spiro atoms. The van der Waals surface area contributed by atoms with Crippen molar-refractivity contribution < 1.29 is 0 Å². The van der Waals surface area contributed by atoms with Crippen molar-refractivity contribution in [1.82, 2.24) is 9.13 Å². The molecule has 2 aromatic heterocycles. The zero-order chi connectivity index (χ0) is 34.9. The first-order chi connectivity index (χ1) is 25.3. The number of benzene rings is 8. The predicted molar refractivity (Wildman–Crippen MR) is 223 cm³/mol. The lowest BCUT2D eigenvalue weighted by molar-refractivity contribution is 0.332. The van der Waals surface area contributed by atoms with Crippen molar-refractivity contribution in [2.24, 2.45) is 0 Å². The van der Waals surface area contributed by atoms with Crippen LogP contribution in [-0.2, 0) is 10.8 Å². The van der Waals surface area contributed by atoms with Gasteiger partial charge >= 0.3 is 0 Å². The zero-order valence-corrected chi connectivity index (χ0v) is 30.2. The van der Waals surface area contributed by atoms with Gasteiger partial charge in [0.1, 0.15) is 0 Å². The fourth-order valence-corrected chi connectivity index (χ4v) is 9.62. The number of para-hydroxylation sites is 1. The first-order valence-corrected chi connectivity index (χ1v) is 18.7. The molecular formula is C50H40N2. The van der Waals surface area contributed by atoms with Gasteiger partial charge in [-0.1, -0.05) is 119 Å². The lowest BCUT2D eigenvalue weighted by Gasteiger charge is -2.42. The van der Waals surface area contributed by atoms with Gasteiger partial charge in [-0.25, -0.2) is 0 Å². The van der Waals surface area contributed by atoms with Crippen molar-refractivity contribution in [3.63, 3.8) is 0 Å². The molecule has 0 amide bonds. The summed E-state index contributed by atoms with van der Waals surface area (Å²) < 4.78 is 5.04. The van der Waals surface area contributed by atoms with Crippen molar-refractivity contribution in [3.05, 3.63) is 157 Å². The van der Waals surface area contributed by atoms with E-state index in [0.29, 0.717) is 0 Å². The van der Waals surface area contributed by atoms with Crippen LogP contribution < -0.4 is 0 Å². The third-order valence-corrected chi connectivity index (χ3v) is 12.5. The topological polar surface area (TPSA) is 9.86 Å². The average Bonchev–Trinajstić information content (AvgIpc) is 3.67. The second-order valence-corrected chi connectivity index (χ2v) is 16.4. The number of hydrogen-bond donors (Lipinski definition) is 0. The van der Waals surface area contributed by atoms with E-state index < -0.39 is 0 Å². The summed E-state index contributed by atoms with van der Waals surface area (Å²) in [6.45, 7) is 9.75. The zero-order valence-electron chi connectivity index (χ0n) is 30.2. The lowest BCUT2D eigenvalue weighted by atomic mass is 9.63. The van der Waals surface area contributed by atoms with Crippen LogP contribution in [0.4, 0.5) is 0 Å². The molecule has 0 fully saturated rings. The average molecular weight is 669 g/mol. The van der Waals surface area contributed by atoms with Gasteiger partial charge in [0.15, 0.2) is 0 Å². The van der Waals surface area contributed by atoms with Gasteiger partial charge in [0.2, 0.25) is 0 Å². The summed E-state index contributed by atoms with van der Waals surface area (Å²) in [7, 11) is 0. The maximum Gasteiger partial charge on any atom is 0.0562 e. The SMILES string of the molecule is CC1(C)CCC(C)(C)c2cc3c(cc21)c1cc2c4c5ccccc5ccc4n(-c4ccc5ccc6ccccc6c5c4)c2cc1n3-c1ccccc1. The first kappa shape index (κ1) is 29.8. The van der Waals surface area contributed by atoms with Crippen LogP contribution in [0.25, 0.3) is 87.3 Å². The van der Waals surface area contributed by atoms with E-state index in [9.17, 15) is 0 Å². The Morgan fingerprint density at radius 1 is 0.365 bits per heavy atom. The third-order valence-electron chi connectivity index (χ3n) is 12.5. The van der Waals surface area contributed by atoms with Gasteiger partial charge in [-0.3, -0.25) is 0 Å². The number of aromatic nitrogens is 2. The molecule has 250 valence electrons. The molecule has 0 saturated carbocycles. The summed E-state index contributed by atoms with van der Waals surface area (Å²) in [6.07, 6.45) is 2.39. The Morgan fingerprint density at radius 2 is 0.904 bits per heavy atom. The smallest absolute Gasteiger partial charge is 0.0562 e. The van der Waals surface area contributed by atoms with Gasteiger partial charge in [0.25, 0.3) is 0 Å². The Balaban J connectivity index is 1.33. The van der Waals surface area contributed by atoms with Crippen molar-refractivity contribution in [1.29, 1.82) is 0 Å². The van der Waals surface area contributed by atoms with Crippen molar-refractivity contribution in [2.75, 3.05) is 0 Å². The van der Waals surface area contributed by atoms with E-state index in [1.807, 2.05) is 0 Å². The Hall–Kier alpha value is -5.86. The highest BCUT2D eigenvalue weighted by Gasteiger charge is 2.38. The third kappa shape index (κ3) is 4.07. The van der Waals surface area contributed by atoms with Crippen molar-refractivity contribution >= 4 is 75.9 Å². The number of hydrogen-bond acceptors (Lipinski definition) is 0. The lowest BCUT2D eigenvalue weighted by Crippen LogP contribution is -2.33. The molecular weight excluding hydrogens is 629 g/mol. The second-order valence-electron chi connectivity index (χ2n) is 16.4. The van der Waals surface area contributed by atoms with Gasteiger partial charge in [-0.2, -0.15) is 0 Å². The summed E-state index contributed by atoms with van der Waals surface area (Å²) in [4.78, 5) is 0. The Morgan fingerprint density at radius 3 is 1.67 bits per heavy atom. The Bertz CT molecular complexity index is 3110. The molecule has 11 rings (SSSR count). The van der Waals surface area contributed by atoms with E-state index in [0.717, 1.165) is 0 Å².